The Morgan fingerprint density at radius 3 is 3.00 bits per heavy atom. The Labute approximate surface area is 104 Å². The molecule has 0 bridgehead atoms. The highest BCUT2D eigenvalue weighted by molar-refractivity contribution is 9.10. The van der Waals surface area contributed by atoms with E-state index in [9.17, 15) is 0 Å². The van der Waals surface area contributed by atoms with Crippen LogP contribution in [0.2, 0.25) is 0 Å². The van der Waals surface area contributed by atoms with Gasteiger partial charge < -0.3 is 4.74 Å². The van der Waals surface area contributed by atoms with Crippen molar-refractivity contribution in [3.8, 4) is 11.8 Å². The van der Waals surface area contributed by atoms with Crippen LogP contribution in [0.15, 0.2) is 28.7 Å². The third kappa shape index (κ3) is 1.79. The summed E-state index contributed by atoms with van der Waals surface area (Å²) in [6.45, 7) is 0. The first-order valence-corrected chi connectivity index (χ1v) is 6.55. The van der Waals surface area contributed by atoms with E-state index >= 15 is 0 Å². The molecular formula is C14H13BrO. The minimum atomic E-state index is -0.0898. The molecule has 2 aliphatic rings. The van der Waals surface area contributed by atoms with Crippen molar-refractivity contribution in [3.05, 3.63) is 34.3 Å². The Hall–Kier alpha value is -0.780. The van der Waals surface area contributed by atoms with Gasteiger partial charge in [-0.05, 0) is 47.3 Å². The molecule has 16 heavy (non-hydrogen) atoms. The largest absolute Gasteiger partial charge is 0.352 e. The lowest BCUT2D eigenvalue weighted by Crippen LogP contribution is -2.16. The molecule has 1 aliphatic carbocycles. The van der Waals surface area contributed by atoms with Gasteiger partial charge in [-0.2, -0.15) is 0 Å². The van der Waals surface area contributed by atoms with E-state index in [-0.39, 0.29) is 5.60 Å². The van der Waals surface area contributed by atoms with Gasteiger partial charge in [0.25, 0.3) is 0 Å². The summed E-state index contributed by atoms with van der Waals surface area (Å²) in [5.74, 6) is 6.57. The lowest BCUT2D eigenvalue weighted by Gasteiger charge is -2.10. The van der Waals surface area contributed by atoms with Gasteiger partial charge in [0.05, 0.1) is 6.10 Å². The van der Waals surface area contributed by atoms with Gasteiger partial charge in [0.2, 0.25) is 0 Å². The van der Waals surface area contributed by atoms with Crippen LogP contribution in [0.25, 0.3) is 0 Å². The second-order valence-corrected chi connectivity index (χ2v) is 5.33. The van der Waals surface area contributed by atoms with Crippen LogP contribution in [0.3, 0.4) is 0 Å². The molecule has 0 radical (unpaired) electrons. The summed E-state index contributed by atoms with van der Waals surface area (Å²) in [5.41, 5.74) is 0.963. The fourth-order valence-corrected chi connectivity index (χ4v) is 2.74. The lowest BCUT2D eigenvalue weighted by atomic mass is 9.89. The van der Waals surface area contributed by atoms with Gasteiger partial charge in [0.15, 0.2) is 5.60 Å². The third-order valence-corrected chi connectivity index (χ3v) is 4.05. The third-order valence-electron chi connectivity index (χ3n) is 3.36. The summed E-state index contributed by atoms with van der Waals surface area (Å²) >= 11 is 3.51. The normalized spacial score (nSPS) is 31.2. The molecule has 2 unspecified atom stereocenters. The maximum absolute atomic E-state index is 5.74. The number of halogens is 1. The average molecular weight is 277 g/mol. The predicted octanol–water partition coefficient (Wildman–Crippen LogP) is 3.51. The number of hydrogen-bond acceptors (Lipinski definition) is 1. The fourth-order valence-electron chi connectivity index (χ4n) is 2.36. The number of ether oxygens (including phenoxy) is 1. The number of epoxide rings is 1. The van der Waals surface area contributed by atoms with Crippen LogP contribution < -0.4 is 0 Å². The molecule has 1 nitrogen and oxygen atoms in total. The van der Waals surface area contributed by atoms with E-state index < -0.39 is 0 Å². The molecule has 1 saturated heterocycles. The fraction of sp³-hybridized carbons (Fsp3) is 0.429. The molecule has 1 heterocycles. The van der Waals surface area contributed by atoms with Crippen molar-refractivity contribution >= 4 is 15.9 Å². The summed E-state index contributed by atoms with van der Waals surface area (Å²) in [5, 5.41) is 0. The van der Waals surface area contributed by atoms with Crippen LogP contribution in [-0.2, 0) is 4.74 Å². The second-order valence-electron chi connectivity index (χ2n) is 4.47. The Balaban J connectivity index is 1.83. The summed E-state index contributed by atoms with van der Waals surface area (Å²) in [7, 11) is 0. The molecule has 1 saturated carbocycles. The SMILES string of the molecule is Brc1ccccc1C#CC12CCCCC1O2. The van der Waals surface area contributed by atoms with Crippen molar-refractivity contribution < 1.29 is 4.74 Å². The molecule has 1 aromatic carbocycles. The zero-order valence-corrected chi connectivity index (χ0v) is 10.6. The number of fused-ring (bicyclic) bond motifs is 1. The van der Waals surface area contributed by atoms with Crippen LogP contribution in [-0.4, -0.2) is 11.7 Å². The first-order valence-electron chi connectivity index (χ1n) is 5.76. The molecule has 1 aromatic rings. The highest BCUT2D eigenvalue weighted by atomic mass is 79.9. The summed E-state index contributed by atoms with van der Waals surface area (Å²) in [6.07, 6.45) is 5.25. The van der Waals surface area contributed by atoms with Crippen LogP contribution in [0, 0.1) is 11.8 Å². The Kier molecular flexibility index (Phi) is 2.53. The maximum atomic E-state index is 5.74. The minimum absolute atomic E-state index is 0.0898. The zero-order valence-electron chi connectivity index (χ0n) is 9.00. The van der Waals surface area contributed by atoms with Crippen molar-refractivity contribution in [2.75, 3.05) is 0 Å². The number of rotatable bonds is 0. The molecular weight excluding hydrogens is 264 g/mol. The zero-order chi connectivity index (χ0) is 11.0. The molecule has 2 fully saturated rings. The van der Waals surface area contributed by atoms with Crippen LogP contribution in [0.5, 0.6) is 0 Å². The number of hydrogen-bond donors (Lipinski definition) is 0. The van der Waals surface area contributed by atoms with Crippen LogP contribution in [0.4, 0.5) is 0 Å². The lowest BCUT2D eigenvalue weighted by molar-refractivity contribution is 0.336. The van der Waals surface area contributed by atoms with Gasteiger partial charge >= 0.3 is 0 Å². The molecule has 82 valence electrons. The first kappa shape index (κ1) is 10.4. The average Bonchev–Trinajstić information content (AvgIpc) is 3.03. The summed E-state index contributed by atoms with van der Waals surface area (Å²) in [4.78, 5) is 0. The first-order chi connectivity index (χ1) is 7.80. The van der Waals surface area contributed by atoms with E-state index in [1.54, 1.807) is 0 Å². The van der Waals surface area contributed by atoms with Crippen molar-refractivity contribution in [2.24, 2.45) is 0 Å². The highest BCUT2D eigenvalue weighted by Crippen LogP contribution is 2.47. The molecule has 0 N–H and O–H groups in total. The van der Waals surface area contributed by atoms with Crippen molar-refractivity contribution in [2.45, 2.75) is 37.4 Å². The highest BCUT2D eigenvalue weighted by Gasteiger charge is 2.56. The molecule has 0 aromatic heterocycles. The van der Waals surface area contributed by atoms with Crippen LogP contribution >= 0.6 is 15.9 Å². The summed E-state index contributed by atoms with van der Waals surface area (Å²) in [6, 6.07) is 8.07. The van der Waals surface area contributed by atoms with E-state index in [1.165, 1.54) is 19.3 Å². The second kappa shape index (κ2) is 3.91. The quantitative estimate of drug-likeness (QED) is 0.522. The van der Waals surface area contributed by atoms with E-state index in [4.69, 9.17) is 4.74 Å². The van der Waals surface area contributed by atoms with Gasteiger partial charge in [-0.15, -0.1) is 0 Å². The van der Waals surface area contributed by atoms with Crippen molar-refractivity contribution in [1.29, 1.82) is 0 Å². The topological polar surface area (TPSA) is 12.5 Å². The van der Waals surface area contributed by atoms with Gasteiger partial charge in [-0.1, -0.05) is 30.4 Å². The Morgan fingerprint density at radius 2 is 2.19 bits per heavy atom. The van der Waals surface area contributed by atoms with Crippen molar-refractivity contribution in [1.82, 2.24) is 0 Å². The van der Waals surface area contributed by atoms with E-state index in [1.807, 2.05) is 24.3 Å². The molecule has 2 atom stereocenters. The van der Waals surface area contributed by atoms with Gasteiger partial charge in [0.1, 0.15) is 0 Å². The molecule has 0 amide bonds. The predicted molar refractivity (Wildman–Crippen MR) is 67.1 cm³/mol. The molecule has 3 rings (SSSR count). The Morgan fingerprint density at radius 1 is 1.31 bits per heavy atom. The maximum Gasteiger partial charge on any atom is 0.155 e. The minimum Gasteiger partial charge on any atom is -0.352 e. The Bertz CT molecular complexity index is 471. The van der Waals surface area contributed by atoms with Gasteiger partial charge in [-0.3, -0.25) is 0 Å². The monoisotopic (exact) mass is 276 g/mol. The van der Waals surface area contributed by atoms with Gasteiger partial charge in [-0.25, -0.2) is 0 Å². The van der Waals surface area contributed by atoms with Crippen LogP contribution in [0.1, 0.15) is 31.2 Å². The van der Waals surface area contributed by atoms with E-state index in [0.717, 1.165) is 16.5 Å². The summed E-state index contributed by atoms with van der Waals surface area (Å²) < 4.78 is 6.80. The van der Waals surface area contributed by atoms with E-state index in [0.29, 0.717) is 6.10 Å². The van der Waals surface area contributed by atoms with Crippen molar-refractivity contribution in [3.63, 3.8) is 0 Å². The number of benzene rings is 1. The smallest absolute Gasteiger partial charge is 0.155 e. The standard InChI is InChI=1S/C14H13BrO/c15-12-6-2-1-5-11(12)8-10-14-9-4-3-7-13(14)16-14/h1-2,5-6,13H,3-4,7,9H2. The molecule has 0 spiro atoms. The molecule has 1 aliphatic heterocycles. The van der Waals surface area contributed by atoms with E-state index in [2.05, 4.69) is 27.8 Å². The molecule has 2 heteroatoms. The van der Waals surface area contributed by atoms with Gasteiger partial charge in [0, 0.05) is 10.0 Å².